The first-order valence-electron chi connectivity index (χ1n) is 2.28. The molecule has 1 radical (unpaired) electrons. The van der Waals surface area contributed by atoms with Crippen LogP contribution in [-0.4, -0.2) is 24.1 Å². The fourth-order valence-electron chi connectivity index (χ4n) is 0.498. The molecule has 39 valence electrons. The molecule has 0 atom stereocenters. The lowest BCUT2D eigenvalue weighted by Gasteiger charge is -2.18. The van der Waals surface area contributed by atoms with Crippen molar-refractivity contribution in [2.75, 3.05) is 14.1 Å². The molecule has 0 spiro atoms. The van der Waals surface area contributed by atoms with E-state index in [4.69, 9.17) is 0 Å². The predicted molar refractivity (Wildman–Crippen MR) is 29.0 cm³/mol. The predicted octanol–water partition coefficient (Wildman–Crippen LogP) is 0.454. The molecule has 2 heteroatoms. The Balaban J connectivity index is 2.45. The van der Waals surface area contributed by atoms with Gasteiger partial charge in [0, 0.05) is 20.3 Å². The normalized spacial score (nSPS) is 21.7. The van der Waals surface area contributed by atoms with Crippen molar-refractivity contribution in [3.63, 3.8) is 0 Å². The molecule has 1 aliphatic heterocycles. The quantitative estimate of drug-likeness (QED) is 0.433. The summed E-state index contributed by atoms with van der Waals surface area (Å²) in [6, 6.07) is 0. The van der Waals surface area contributed by atoms with Crippen LogP contribution in [0.5, 0.6) is 0 Å². The molecule has 0 aromatic carbocycles. The summed E-state index contributed by atoms with van der Waals surface area (Å²) in [6.45, 7) is 2.00. The first kappa shape index (κ1) is 4.65. The van der Waals surface area contributed by atoms with E-state index < -0.39 is 0 Å². The first-order valence-corrected chi connectivity index (χ1v) is 2.28. The Morgan fingerprint density at radius 2 is 1.86 bits per heavy atom. The first-order chi connectivity index (χ1) is 3.30. The van der Waals surface area contributed by atoms with Crippen molar-refractivity contribution in [3.05, 3.63) is 18.8 Å². The lowest BCUT2D eigenvalue weighted by Crippen LogP contribution is -2.24. The minimum atomic E-state index is 2.00. The van der Waals surface area contributed by atoms with Gasteiger partial charge >= 0.3 is 0 Å². The van der Waals surface area contributed by atoms with Crippen LogP contribution < -0.4 is 0 Å². The lowest BCUT2D eigenvalue weighted by atomic mass is 10.6. The maximum atomic E-state index is 2.00. The molecule has 0 aliphatic carbocycles. The van der Waals surface area contributed by atoms with Crippen LogP contribution in [0.2, 0.25) is 0 Å². The largest absolute Gasteiger partial charge is 0.316 e. The van der Waals surface area contributed by atoms with Crippen molar-refractivity contribution >= 4 is 0 Å². The van der Waals surface area contributed by atoms with E-state index in [1.54, 1.807) is 0 Å². The van der Waals surface area contributed by atoms with Gasteiger partial charge in [0.15, 0.2) is 0 Å². The van der Waals surface area contributed by atoms with Gasteiger partial charge in [-0.25, -0.2) is 5.01 Å². The molecule has 0 fully saturated rings. The van der Waals surface area contributed by atoms with Crippen molar-refractivity contribution in [3.8, 4) is 0 Å². The van der Waals surface area contributed by atoms with Gasteiger partial charge in [-0.2, -0.15) is 0 Å². The van der Waals surface area contributed by atoms with Crippen LogP contribution in [0.3, 0.4) is 0 Å². The third-order valence-corrected chi connectivity index (χ3v) is 1.10. The van der Waals surface area contributed by atoms with Crippen molar-refractivity contribution in [2.45, 2.75) is 0 Å². The van der Waals surface area contributed by atoms with Gasteiger partial charge < -0.3 is 5.01 Å². The summed E-state index contributed by atoms with van der Waals surface area (Å²) >= 11 is 0. The monoisotopic (exact) mass is 97.1 g/mol. The molecule has 0 bridgehead atoms. The number of nitrogens with zero attached hydrogens (tertiary/aromatic N) is 2. The molecule has 1 heterocycles. The van der Waals surface area contributed by atoms with E-state index in [1.807, 2.05) is 42.9 Å². The van der Waals surface area contributed by atoms with Gasteiger partial charge in [0.1, 0.15) is 0 Å². The minimum Gasteiger partial charge on any atom is -0.316 e. The minimum absolute atomic E-state index is 2.00. The summed E-state index contributed by atoms with van der Waals surface area (Å²) in [5, 5.41) is 4.00. The Morgan fingerprint density at radius 1 is 1.14 bits per heavy atom. The Bertz CT molecular complexity index is 88.1. The Morgan fingerprint density at radius 3 is 2.00 bits per heavy atom. The van der Waals surface area contributed by atoms with E-state index in [9.17, 15) is 0 Å². The summed E-state index contributed by atoms with van der Waals surface area (Å²) in [7, 11) is 4.00. The Hall–Kier alpha value is -0.500. The number of hydrogen-bond acceptors (Lipinski definition) is 2. The van der Waals surface area contributed by atoms with Gasteiger partial charge in [-0.3, -0.25) is 0 Å². The molecule has 0 unspecified atom stereocenters. The average molecular weight is 97.1 g/mol. The van der Waals surface area contributed by atoms with Crippen LogP contribution in [0.1, 0.15) is 0 Å². The number of rotatable bonds is 0. The molecule has 0 saturated heterocycles. The number of likely N-dealkylation sites (N-methyl/N-ethyl adjacent to an activating group) is 1. The fraction of sp³-hybridized carbons (Fsp3) is 0.400. The SMILES string of the molecule is CN1[CH]C=CN1C. The third kappa shape index (κ3) is 0.747. The summed E-state index contributed by atoms with van der Waals surface area (Å²) in [5.41, 5.74) is 0. The van der Waals surface area contributed by atoms with Crippen LogP contribution >= 0.6 is 0 Å². The highest BCUT2D eigenvalue weighted by Gasteiger charge is 2.03. The van der Waals surface area contributed by atoms with E-state index in [0.717, 1.165) is 0 Å². The topological polar surface area (TPSA) is 6.48 Å². The third-order valence-electron chi connectivity index (χ3n) is 1.10. The zero-order chi connectivity index (χ0) is 5.28. The van der Waals surface area contributed by atoms with Crippen molar-refractivity contribution < 1.29 is 0 Å². The second-order valence-corrected chi connectivity index (χ2v) is 1.64. The number of hydrogen-bond donors (Lipinski definition) is 0. The molecule has 0 aromatic rings. The van der Waals surface area contributed by atoms with Gasteiger partial charge in [-0.1, -0.05) is 0 Å². The molecule has 1 rings (SSSR count). The van der Waals surface area contributed by atoms with E-state index in [2.05, 4.69) is 0 Å². The van der Waals surface area contributed by atoms with E-state index in [1.165, 1.54) is 0 Å². The van der Waals surface area contributed by atoms with Crippen LogP contribution in [-0.2, 0) is 0 Å². The summed E-state index contributed by atoms with van der Waals surface area (Å²) < 4.78 is 0. The summed E-state index contributed by atoms with van der Waals surface area (Å²) in [4.78, 5) is 0. The molecule has 0 N–H and O–H groups in total. The maximum absolute atomic E-state index is 2.00. The van der Waals surface area contributed by atoms with Crippen LogP contribution in [0.4, 0.5) is 0 Å². The summed E-state index contributed by atoms with van der Waals surface area (Å²) in [6.07, 6.45) is 4.00. The van der Waals surface area contributed by atoms with Crippen molar-refractivity contribution in [1.82, 2.24) is 10.0 Å². The zero-order valence-corrected chi connectivity index (χ0v) is 4.63. The molecular formula is C5H9N2. The van der Waals surface area contributed by atoms with Crippen LogP contribution in [0.25, 0.3) is 0 Å². The van der Waals surface area contributed by atoms with Gasteiger partial charge in [-0.15, -0.1) is 0 Å². The summed E-state index contributed by atoms with van der Waals surface area (Å²) in [5.74, 6) is 0. The smallest absolute Gasteiger partial charge is 0.0697 e. The second kappa shape index (κ2) is 1.54. The highest BCUT2D eigenvalue weighted by molar-refractivity contribution is 4.97. The maximum Gasteiger partial charge on any atom is 0.0697 e. The average Bonchev–Trinajstić information content (AvgIpc) is 1.91. The van der Waals surface area contributed by atoms with Gasteiger partial charge in [0.25, 0.3) is 0 Å². The van der Waals surface area contributed by atoms with Crippen molar-refractivity contribution in [2.24, 2.45) is 0 Å². The van der Waals surface area contributed by atoms with Crippen LogP contribution in [0.15, 0.2) is 12.3 Å². The number of hydrazine groups is 1. The zero-order valence-electron chi connectivity index (χ0n) is 4.63. The van der Waals surface area contributed by atoms with Crippen LogP contribution in [0, 0.1) is 6.54 Å². The van der Waals surface area contributed by atoms with E-state index in [-0.39, 0.29) is 0 Å². The molecule has 2 nitrogen and oxygen atoms in total. The second-order valence-electron chi connectivity index (χ2n) is 1.64. The molecule has 0 amide bonds. The van der Waals surface area contributed by atoms with Gasteiger partial charge in [0.05, 0.1) is 6.54 Å². The van der Waals surface area contributed by atoms with E-state index in [0.29, 0.717) is 0 Å². The molecule has 0 saturated carbocycles. The van der Waals surface area contributed by atoms with E-state index >= 15 is 0 Å². The molecule has 7 heavy (non-hydrogen) atoms. The Kier molecular flexibility index (Phi) is 1.02. The standard InChI is InChI=1S/C5H9N2/c1-6-4-3-5-7(6)2/h3-5H,1-2H3. The highest BCUT2D eigenvalue weighted by Crippen LogP contribution is 2.03. The molecular weight excluding hydrogens is 88.1 g/mol. The highest BCUT2D eigenvalue weighted by atomic mass is 15.6. The van der Waals surface area contributed by atoms with Gasteiger partial charge in [0.2, 0.25) is 0 Å². The fourth-order valence-corrected chi connectivity index (χ4v) is 0.498. The van der Waals surface area contributed by atoms with Crippen molar-refractivity contribution in [1.29, 1.82) is 0 Å². The molecule has 1 aliphatic rings. The lowest BCUT2D eigenvalue weighted by molar-refractivity contribution is 0.145. The Labute approximate surface area is 44.0 Å². The molecule has 0 aromatic heterocycles. The van der Waals surface area contributed by atoms with Gasteiger partial charge in [-0.05, 0) is 6.08 Å².